The second-order valence-electron chi connectivity index (χ2n) is 5.74. The number of aromatic nitrogens is 2. The molecule has 21 heteroatoms. The molecule has 0 spiro atoms. The molecule has 2 heterocycles. The molecular weight excluding hydrogens is 500 g/mol. The highest BCUT2D eigenvalue weighted by Crippen LogP contribution is 2.66. The van der Waals surface area contributed by atoms with Crippen molar-refractivity contribution in [2.45, 2.75) is 24.6 Å². The molecule has 31 heavy (non-hydrogen) atoms. The zero-order valence-electron chi connectivity index (χ0n) is 15.6. The fourth-order valence-electron chi connectivity index (χ4n) is 2.19. The van der Waals surface area contributed by atoms with E-state index in [1.54, 1.807) is 4.98 Å². The van der Waals surface area contributed by atoms with Gasteiger partial charge in [-0.15, -0.1) is 0 Å². The number of phosphoric acid groups is 3. The van der Waals surface area contributed by atoms with E-state index in [-0.39, 0.29) is 10.9 Å². The molecule has 1 saturated heterocycles. The number of ether oxygens (including phenoxy) is 1. The summed E-state index contributed by atoms with van der Waals surface area (Å²) in [6, 6.07) is 0. The first-order valence-corrected chi connectivity index (χ1v) is 12.0. The summed E-state index contributed by atoms with van der Waals surface area (Å²) in [6.45, 7) is -1.69. The van der Waals surface area contributed by atoms with Crippen LogP contribution >= 0.6 is 23.5 Å². The van der Waals surface area contributed by atoms with Crippen LogP contribution in [0, 0.1) is 0 Å². The number of aliphatic hydroxyl groups is 1. The molecule has 1 fully saturated rings. The fraction of sp³-hybridized carbons (Fsp3) is 0.500. The van der Waals surface area contributed by atoms with E-state index in [9.17, 15) is 42.5 Å². The van der Waals surface area contributed by atoms with Crippen molar-refractivity contribution in [1.29, 1.82) is 0 Å². The average Bonchev–Trinajstić information content (AvgIpc) is 2.80. The minimum atomic E-state index is -5.89. The maximum Gasteiger partial charge on any atom is 0.490 e. The third kappa shape index (κ3) is 7.05. The van der Waals surface area contributed by atoms with Gasteiger partial charge in [-0.2, -0.15) is 8.62 Å². The Morgan fingerprint density at radius 3 is 2.45 bits per heavy atom. The topological polar surface area (TPSA) is 261 Å². The lowest BCUT2D eigenvalue weighted by Crippen LogP contribution is -2.37. The zero-order valence-corrected chi connectivity index (χ0v) is 17.3. The number of aromatic amines is 1. The normalized spacial score (nSPS) is 30.9. The number of aliphatic hydroxyl groups excluding tert-OH is 1. The van der Waals surface area contributed by atoms with Crippen molar-refractivity contribution in [3.63, 3.8) is 0 Å². The van der Waals surface area contributed by atoms with Gasteiger partial charge in [0.25, 0.3) is 5.56 Å². The van der Waals surface area contributed by atoms with Gasteiger partial charge in [0.15, 0.2) is 12.5 Å². The number of halogens is 1. The Kier molecular flexibility index (Phi) is 6.93. The predicted octanol–water partition coefficient (Wildman–Crippen LogP) is -1.36. The SMILES string of the molecule is [2H][C@@]1(n2cc(C=O)c(=O)[nH]c2=O)O[C@](F)(COP(=O)(O)OP(=O)(O)OP(=O)(O)O)C[C@H]1O. The number of carbonyl (C=O) groups excluding carboxylic acids is 1. The summed E-state index contributed by atoms with van der Waals surface area (Å²) >= 11 is 0. The van der Waals surface area contributed by atoms with Crippen molar-refractivity contribution < 1.29 is 66.8 Å². The number of carbonyl (C=O) groups is 1. The van der Waals surface area contributed by atoms with Gasteiger partial charge in [-0.05, 0) is 0 Å². The fourth-order valence-corrected chi connectivity index (χ4v) is 5.24. The van der Waals surface area contributed by atoms with Crippen LogP contribution in [0.25, 0.3) is 0 Å². The molecule has 1 aromatic rings. The largest absolute Gasteiger partial charge is 0.490 e. The molecule has 1 aliphatic heterocycles. The predicted molar refractivity (Wildman–Crippen MR) is 91.1 cm³/mol. The third-order valence-corrected chi connectivity index (χ3v) is 7.05. The molecule has 5 atom stereocenters. The highest BCUT2D eigenvalue weighted by Gasteiger charge is 2.50. The minimum absolute atomic E-state index is 0.0163. The molecule has 0 aromatic carbocycles. The van der Waals surface area contributed by atoms with Gasteiger partial charge < -0.3 is 29.4 Å². The zero-order chi connectivity index (χ0) is 24.8. The molecular formula is C10H14FN2O15P3. The van der Waals surface area contributed by atoms with E-state index in [1.165, 1.54) is 0 Å². The van der Waals surface area contributed by atoms with Crippen molar-refractivity contribution in [3.05, 3.63) is 32.6 Å². The number of aldehydes is 1. The first-order valence-electron chi connectivity index (χ1n) is 7.99. The maximum atomic E-state index is 14.9. The number of rotatable bonds is 9. The second kappa shape index (κ2) is 8.86. The van der Waals surface area contributed by atoms with Crippen LogP contribution in [0.1, 0.15) is 24.4 Å². The smallest absolute Gasteiger partial charge is 0.388 e. The van der Waals surface area contributed by atoms with E-state index < -0.39 is 71.5 Å². The van der Waals surface area contributed by atoms with E-state index in [1.807, 2.05) is 0 Å². The number of alkyl halides is 1. The number of hydrogen-bond donors (Lipinski definition) is 6. The van der Waals surface area contributed by atoms with E-state index in [2.05, 4.69) is 17.9 Å². The Balaban J connectivity index is 2.22. The summed E-state index contributed by atoms with van der Waals surface area (Å²) in [5.74, 6) is -3.33. The summed E-state index contributed by atoms with van der Waals surface area (Å²) in [5, 5.41) is 10.0. The van der Waals surface area contributed by atoms with Crippen molar-refractivity contribution in [2.75, 3.05) is 6.61 Å². The molecule has 0 bridgehead atoms. The average molecular weight is 515 g/mol. The summed E-state index contributed by atoms with van der Waals surface area (Å²) in [7, 11) is -17.3. The lowest BCUT2D eigenvalue weighted by molar-refractivity contribution is -0.178. The molecule has 176 valence electrons. The quantitative estimate of drug-likeness (QED) is 0.164. The molecule has 6 N–H and O–H groups in total. The van der Waals surface area contributed by atoms with E-state index >= 15 is 0 Å². The summed E-state index contributed by atoms with van der Waals surface area (Å²) < 4.78 is 72.1. The van der Waals surface area contributed by atoms with Gasteiger partial charge in [0, 0.05) is 12.6 Å². The third-order valence-electron chi connectivity index (χ3n) is 3.26. The first kappa shape index (κ1) is 24.3. The van der Waals surface area contributed by atoms with Gasteiger partial charge in [0.2, 0.25) is 5.85 Å². The van der Waals surface area contributed by atoms with Gasteiger partial charge in [-0.1, -0.05) is 0 Å². The van der Waals surface area contributed by atoms with Gasteiger partial charge in [0.1, 0.15) is 12.7 Å². The second-order valence-corrected chi connectivity index (χ2v) is 10.2. The standard InChI is InChI=1S/C10H14FN2O15P3/c11-10(4-25-30(21,22)28-31(23,24)27-29(18,19)20)1-6(15)8(26-10)13-2-5(3-14)7(16)12-9(13)17/h2-3,6,8,15H,1,4H2,(H,21,22)(H,23,24)(H,12,16,17)(H2,18,19,20)/t6-,8-,10+/m1/s1/i8D. The Bertz CT molecular complexity index is 1160. The Morgan fingerprint density at radius 2 is 1.90 bits per heavy atom. The van der Waals surface area contributed by atoms with Crippen LogP contribution in [0.4, 0.5) is 4.39 Å². The highest BCUT2D eigenvalue weighted by molar-refractivity contribution is 7.66. The van der Waals surface area contributed by atoms with Crippen LogP contribution in [0.2, 0.25) is 0 Å². The Morgan fingerprint density at radius 1 is 1.29 bits per heavy atom. The summed E-state index contributed by atoms with van der Waals surface area (Å²) in [6.07, 6.45) is -5.95. The van der Waals surface area contributed by atoms with Crippen molar-refractivity contribution >= 4 is 29.8 Å². The van der Waals surface area contributed by atoms with Gasteiger partial charge in [-0.3, -0.25) is 23.7 Å². The van der Waals surface area contributed by atoms with E-state index in [0.717, 1.165) is 0 Å². The summed E-state index contributed by atoms with van der Waals surface area (Å²) in [5.41, 5.74) is -3.25. The highest BCUT2D eigenvalue weighted by atomic mass is 31.3. The van der Waals surface area contributed by atoms with Crippen molar-refractivity contribution in [1.82, 2.24) is 9.55 Å². The Labute approximate surface area is 170 Å². The van der Waals surface area contributed by atoms with Gasteiger partial charge in [0.05, 0.1) is 6.93 Å². The molecule has 17 nitrogen and oxygen atoms in total. The van der Waals surface area contributed by atoms with Crippen LogP contribution in [0.15, 0.2) is 15.8 Å². The maximum absolute atomic E-state index is 14.9. The molecule has 2 unspecified atom stereocenters. The summed E-state index contributed by atoms with van der Waals surface area (Å²) in [4.78, 5) is 71.1. The van der Waals surface area contributed by atoms with Crippen molar-refractivity contribution in [3.8, 4) is 0 Å². The van der Waals surface area contributed by atoms with Gasteiger partial charge >= 0.3 is 29.2 Å². The molecule has 0 saturated carbocycles. The van der Waals surface area contributed by atoms with E-state index in [0.29, 0.717) is 6.20 Å². The molecule has 1 aliphatic rings. The lowest BCUT2D eigenvalue weighted by atomic mass is 10.2. The molecule has 0 radical (unpaired) electrons. The molecule has 0 aliphatic carbocycles. The number of hydrogen-bond acceptors (Lipinski definition) is 11. The van der Waals surface area contributed by atoms with Crippen LogP contribution in [0.5, 0.6) is 0 Å². The number of phosphoric ester groups is 1. The number of H-pyrrole nitrogens is 1. The molecule has 2 rings (SSSR count). The van der Waals surface area contributed by atoms with Gasteiger partial charge in [-0.25, -0.2) is 22.9 Å². The molecule has 0 amide bonds. The number of nitrogens with zero attached hydrogens (tertiary/aromatic N) is 1. The lowest BCUT2D eigenvalue weighted by Gasteiger charge is -2.22. The minimum Gasteiger partial charge on any atom is -0.388 e. The monoisotopic (exact) mass is 515 g/mol. The van der Waals surface area contributed by atoms with Crippen LogP contribution in [-0.4, -0.2) is 59.1 Å². The molecule has 1 aromatic heterocycles. The van der Waals surface area contributed by atoms with Crippen LogP contribution < -0.4 is 11.2 Å². The number of nitrogens with one attached hydrogen (secondary N) is 1. The van der Waals surface area contributed by atoms with Crippen molar-refractivity contribution in [2.24, 2.45) is 0 Å². The van der Waals surface area contributed by atoms with Crippen LogP contribution in [0.3, 0.4) is 0 Å². The van der Waals surface area contributed by atoms with Crippen LogP contribution in [-0.2, 0) is 31.6 Å². The van der Waals surface area contributed by atoms with E-state index in [4.69, 9.17) is 16.1 Å². The first-order chi connectivity index (χ1) is 14.3. The Hall–Kier alpha value is -1.39.